The lowest BCUT2D eigenvalue weighted by Gasteiger charge is -2.35. The maximum Gasteiger partial charge on any atom is 0.233 e. The van der Waals surface area contributed by atoms with Crippen LogP contribution in [-0.2, 0) is 9.53 Å². The number of ether oxygens (including phenoxy) is 1. The molecule has 0 radical (unpaired) electrons. The summed E-state index contributed by atoms with van der Waals surface area (Å²) in [6, 6.07) is 0.774. The fraction of sp³-hybridized carbons (Fsp3) is 0.882. The average Bonchev–Trinajstić information content (AvgIpc) is 3.38. The Morgan fingerprint density at radius 2 is 2.04 bits per heavy atom. The van der Waals surface area contributed by atoms with Gasteiger partial charge in [0.05, 0.1) is 24.5 Å². The summed E-state index contributed by atoms with van der Waals surface area (Å²) in [5.41, 5.74) is 0. The van der Waals surface area contributed by atoms with E-state index < -0.39 is 0 Å². The molecule has 2 fully saturated rings. The van der Waals surface area contributed by atoms with Crippen molar-refractivity contribution in [2.45, 2.75) is 62.5 Å². The zero-order valence-electron chi connectivity index (χ0n) is 15.9. The Bertz CT molecular complexity index is 586. The van der Waals surface area contributed by atoms with E-state index in [2.05, 4.69) is 39.6 Å². The van der Waals surface area contributed by atoms with Crippen molar-refractivity contribution in [3.8, 4) is 0 Å². The van der Waals surface area contributed by atoms with E-state index in [1.165, 1.54) is 11.8 Å². The van der Waals surface area contributed by atoms with Gasteiger partial charge >= 0.3 is 0 Å². The zero-order valence-corrected chi connectivity index (χ0v) is 16.7. The molecule has 0 aromatic carbocycles. The lowest BCUT2D eigenvalue weighted by Crippen LogP contribution is -2.50. The summed E-state index contributed by atoms with van der Waals surface area (Å²) in [6.07, 6.45) is 3.31. The molecule has 1 aromatic heterocycles. The topological polar surface area (TPSA) is 85.2 Å². The van der Waals surface area contributed by atoms with E-state index in [1.807, 2.05) is 11.6 Å². The van der Waals surface area contributed by atoms with Gasteiger partial charge in [-0.15, -0.1) is 5.10 Å². The van der Waals surface area contributed by atoms with E-state index in [9.17, 15) is 4.79 Å². The molecular weight excluding hydrogens is 352 g/mol. The minimum Gasteiger partial charge on any atom is -0.379 e. The molecule has 1 saturated carbocycles. The third-order valence-electron chi connectivity index (χ3n) is 4.82. The highest BCUT2D eigenvalue weighted by Gasteiger charge is 2.30. The van der Waals surface area contributed by atoms with Crippen LogP contribution in [0.2, 0.25) is 0 Å². The second-order valence-corrected chi connectivity index (χ2v) is 8.88. The van der Waals surface area contributed by atoms with E-state index >= 15 is 0 Å². The second kappa shape index (κ2) is 9.14. The first-order chi connectivity index (χ1) is 12.5. The summed E-state index contributed by atoms with van der Waals surface area (Å²) in [7, 11) is 0. The molecule has 2 atom stereocenters. The average molecular weight is 383 g/mol. The minimum atomic E-state index is -0.220. The van der Waals surface area contributed by atoms with E-state index in [-0.39, 0.29) is 11.2 Å². The molecule has 0 spiro atoms. The van der Waals surface area contributed by atoms with Crippen molar-refractivity contribution >= 4 is 17.7 Å². The Morgan fingerprint density at radius 3 is 2.69 bits per heavy atom. The molecule has 146 valence electrons. The predicted octanol–water partition coefficient (Wildman–Crippen LogP) is 1.35. The monoisotopic (exact) mass is 382 g/mol. The summed E-state index contributed by atoms with van der Waals surface area (Å²) in [6.45, 7) is 10.5. The van der Waals surface area contributed by atoms with Gasteiger partial charge < -0.3 is 10.1 Å². The van der Waals surface area contributed by atoms with E-state index in [1.54, 1.807) is 0 Å². The first-order valence-corrected chi connectivity index (χ1v) is 10.5. The van der Waals surface area contributed by atoms with Gasteiger partial charge in [-0.2, -0.15) is 0 Å². The number of nitrogens with one attached hydrogen (secondary N) is 1. The Labute approximate surface area is 159 Å². The van der Waals surface area contributed by atoms with Crippen molar-refractivity contribution in [3.05, 3.63) is 0 Å². The third kappa shape index (κ3) is 5.40. The molecule has 2 unspecified atom stereocenters. The van der Waals surface area contributed by atoms with Crippen LogP contribution in [0.25, 0.3) is 0 Å². The van der Waals surface area contributed by atoms with Gasteiger partial charge in [-0.05, 0) is 42.5 Å². The van der Waals surface area contributed by atoms with Gasteiger partial charge in [0.25, 0.3) is 0 Å². The van der Waals surface area contributed by atoms with Gasteiger partial charge in [0, 0.05) is 25.7 Å². The third-order valence-corrected chi connectivity index (χ3v) is 5.87. The predicted molar refractivity (Wildman–Crippen MR) is 100 cm³/mol. The van der Waals surface area contributed by atoms with Gasteiger partial charge in [0.1, 0.15) is 0 Å². The number of carbonyl (C=O) groups is 1. The fourth-order valence-corrected chi connectivity index (χ4v) is 4.12. The Hall–Kier alpha value is -1.19. The van der Waals surface area contributed by atoms with Crippen LogP contribution >= 0.6 is 11.8 Å². The summed E-state index contributed by atoms with van der Waals surface area (Å²) >= 11 is 1.44. The van der Waals surface area contributed by atoms with Gasteiger partial charge in [-0.1, -0.05) is 25.6 Å². The van der Waals surface area contributed by atoms with Crippen LogP contribution in [0, 0.1) is 5.92 Å². The largest absolute Gasteiger partial charge is 0.379 e. The first kappa shape index (κ1) is 19.6. The highest BCUT2D eigenvalue weighted by atomic mass is 32.2. The Morgan fingerprint density at radius 1 is 1.31 bits per heavy atom. The number of tetrazole rings is 1. The van der Waals surface area contributed by atoms with Gasteiger partial charge in [-0.3, -0.25) is 9.69 Å². The standard InChI is InChI=1S/C17H30N6O2S/c1-12(2)10-15(22-6-8-25-9-7-22)11-18-16(24)13(3)26-17-19-20-21-23(17)14-4-5-14/h12-15H,4-11H2,1-3H3,(H,18,24). The molecule has 2 aliphatic rings. The van der Waals surface area contributed by atoms with Crippen molar-refractivity contribution in [3.63, 3.8) is 0 Å². The lowest BCUT2D eigenvalue weighted by atomic mass is 10.0. The smallest absolute Gasteiger partial charge is 0.233 e. The zero-order chi connectivity index (χ0) is 18.5. The van der Waals surface area contributed by atoms with E-state index in [0.29, 0.717) is 24.5 Å². The highest BCUT2D eigenvalue weighted by Crippen LogP contribution is 2.37. The van der Waals surface area contributed by atoms with Crippen molar-refractivity contribution < 1.29 is 9.53 Å². The number of morpholine rings is 1. The van der Waals surface area contributed by atoms with Crippen molar-refractivity contribution in [1.82, 2.24) is 30.4 Å². The molecule has 8 nitrogen and oxygen atoms in total. The van der Waals surface area contributed by atoms with Crippen molar-refractivity contribution in [2.75, 3.05) is 32.8 Å². The van der Waals surface area contributed by atoms with Crippen LogP contribution in [0.3, 0.4) is 0 Å². The second-order valence-electron chi connectivity index (χ2n) is 7.57. The van der Waals surface area contributed by atoms with Crippen LogP contribution in [0.5, 0.6) is 0 Å². The number of hydrogen-bond donors (Lipinski definition) is 1. The number of thioether (sulfide) groups is 1. The Kier molecular flexibility index (Phi) is 6.88. The van der Waals surface area contributed by atoms with Gasteiger partial charge in [-0.25, -0.2) is 4.68 Å². The van der Waals surface area contributed by atoms with Crippen LogP contribution in [0.1, 0.15) is 46.1 Å². The maximum atomic E-state index is 12.6. The molecule has 26 heavy (non-hydrogen) atoms. The summed E-state index contributed by atoms with van der Waals surface area (Å²) < 4.78 is 7.31. The van der Waals surface area contributed by atoms with Crippen LogP contribution in [0.4, 0.5) is 0 Å². The number of hydrogen-bond acceptors (Lipinski definition) is 7. The van der Waals surface area contributed by atoms with Crippen LogP contribution in [0.15, 0.2) is 5.16 Å². The maximum absolute atomic E-state index is 12.6. The van der Waals surface area contributed by atoms with Gasteiger partial charge in [0.15, 0.2) is 0 Å². The summed E-state index contributed by atoms with van der Waals surface area (Å²) in [4.78, 5) is 15.0. The number of rotatable bonds is 9. The van der Waals surface area contributed by atoms with Crippen LogP contribution < -0.4 is 5.32 Å². The number of nitrogens with zero attached hydrogens (tertiary/aromatic N) is 5. The fourth-order valence-electron chi connectivity index (χ4n) is 3.23. The molecule has 3 rings (SSSR count). The number of aromatic nitrogens is 4. The van der Waals surface area contributed by atoms with E-state index in [4.69, 9.17) is 4.74 Å². The highest BCUT2D eigenvalue weighted by molar-refractivity contribution is 8.00. The quantitative estimate of drug-likeness (QED) is 0.645. The molecule has 0 bridgehead atoms. The van der Waals surface area contributed by atoms with Crippen LogP contribution in [-0.4, -0.2) is 75.2 Å². The Balaban J connectivity index is 1.50. The lowest BCUT2D eigenvalue weighted by molar-refractivity contribution is -0.120. The summed E-state index contributed by atoms with van der Waals surface area (Å²) in [5.74, 6) is 0.636. The molecule has 1 amide bonds. The summed E-state index contributed by atoms with van der Waals surface area (Å²) in [5, 5.41) is 15.5. The molecular formula is C17H30N6O2S. The molecule has 1 aliphatic carbocycles. The first-order valence-electron chi connectivity index (χ1n) is 9.58. The van der Waals surface area contributed by atoms with Gasteiger partial charge in [0.2, 0.25) is 11.1 Å². The normalized spacial score (nSPS) is 20.9. The minimum absolute atomic E-state index is 0.0439. The van der Waals surface area contributed by atoms with E-state index in [0.717, 1.165) is 50.7 Å². The molecule has 2 heterocycles. The van der Waals surface area contributed by atoms with Crippen molar-refractivity contribution in [1.29, 1.82) is 0 Å². The molecule has 1 aliphatic heterocycles. The molecule has 1 aromatic rings. The molecule has 1 N–H and O–H groups in total. The number of carbonyl (C=O) groups excluding carboxylic acids is 1. The molecule has 1 saturated heterocycles. The number of amides is 1. The SMILES string of the molecule is CC(C)CC(CNC(=O)C(C)Sc1nnnn1C1CC1)N1CCOCC1. The molecule has 9 heteroatoms. The van der Waals surface area contributed by atoms with Crippen molar-refractivity contribution in [2.24, 2.45) is 5.92 Å².